The molecule has 1 aliphatic rings. The molecule has 1 aromatic carbocycles. The summed E-state index contributed by atoms with van der Waals surface area (Å²) < 4.78 is 8.00. The minimum Gasteiger partial charge on any atom is -0.381 e. The lowest BCUT2D eigenvalue weighted by atomic mass is 9.89. The minimum absolute atomic E-state index is 0.461. The smallest absolute Gasteiger partial charge is 0.0468 e. The summed E-state index contributed by atoms with van der Waals surface area (Å²) in [6.45, 7) is 5.17. The molecule has 0 spiro atoms. The second-order valence-electron chi connectivity index (χ2n) is 5.46. The van der Waals surface area contributed by atoms with Crippen LogP contribution in [0.25, 0.3) is 0 Å². The van der Waals surface area contributed by atoms with Gasteiger partial charge in [0, 0.05) is 27.3 Å². The van der Waals surface area contributed by atoms with Crippen LogP contribution in [0.4, 0.5) is 0 Å². The van der Waals surface area contributed by atoms with Crippen LogP contribution in [0.5, 0.6) is 0 Å². The highest BCUT2D eigenvalue weighted by atomic mass is 127. The fraction of sp³-hybridized carbons (Fsp3) is 0.625. The number of nitrogens with one attached hydrogen (secondary N) is 1. The van der Waals surface area contributed by atoms with Crippen molar-refractivity contribution in [3.05, 3.63) is 31.8 Å². The third kappa shape index (κ3) is 4.97. The molecule has 1 unspecified atom stereocenters. The molecule has 0 radical (unpaired) electrons. The van der Waals surface area contributed by atoms with Crippen molar-refractivity contribution in [3.8, 4) is 0 Å². The van der Waals surface area contributed by atoms with Crippen molar-refractivity contribution >= 4 is 38.5 Å². The highest BCUT2D eigenvalue weighted by molar-refractivity contribution is 14.1. The predicted molar refractivity (Wildman–Crippen MR) is 96.1 cm³/mol. The number of hydrogen-bond donors (Lipinski definition) is 1. The van der Waals surface area contributed by atoms with E-state index in [4.69, 9.17) is 4.74 Å². The average Bonchev–Trinajstić information content (AvgIpc) is 2.47. The number of benzene rings is 1. The van der Waals surface area contributed by atoms with Crippen LogP contribution in [0.2, 0.25) is 0 Å². The van der Waals surface area contributed by atoms with E-state index in [1.54, 1.807) is 0 Å². The van der Waals surface area contributed by atoms with Gasteiger partial charge in [-0.1, -0.05) is 22.9 Å². The van der Waals surface area contributed by atoms with Gasteiger partial charge in [-0.05, 0) is 84.5 Å². The molecule has 0 aliphatic carbocycles. The van der Waals surface area contributed by atoms with Crippen molar-refractivity contribution < 1.29 is 4.74 Å². The first kappa shape index (κ1) is 16.7. The van der Waals surface area contributed by atoms with Gasteiger partial charge in [0.05, 0.1) is 0 Å². The molecule has 112 valence electrons. The Labute approximate surface area is 144 Å². The third-order valence-corrected chi connectivity index (χ3v) is 5.36. The van der Waals surface area contributed by atoms with Gasteiger partial charge in [0.25, 0.3) is 0 Å². The summed E-state index contributed by atoms with van der Waals surface area (Å²) in [4.78, 5) is 0. The van der Waals surface area contributed by atoms with Crippen LogP contribution < -0.4 is 5.32 Å². The SMILES string of the molecule is CCCNC(CC1CCOCC1)c1cc(Br)ccc1I. The zero-order valence-electron chi connectivity index (χ0n) is 12.0. The Kier molecular flexibility index (Phi) is 7.28. The lowest BCUT2D eigenvalue weighted by molar-refractivity contribution is 0.0605. The topological polar surface area (TPSA) is 21.3 Å². The van der Waals surface area contributed by atoms with Crippen LogP contribution in [0, 0.1) is 9.49 Å². The van der Waals surface area contributed by atoms with E-state index >= 15 is 0 Å². The normalized spacial score (nSPS) is 18.1. The number of hydrogen-bond acceptors (Lipinski definition) is 2. The molecule has 1 atom stereocenters. The monoisotopic (exact) mass is 451 g/mol. The van der Waals surface area contributed by atoms with Gasteiger partial charge < -0.3 is 10.1 Å². The highest BCUT2D eigenvalue weighted by Gasteiger charge is 2.21. The maximum Gasteiger partial charge on any atom is 0.0468 e. The molecule has 0 aromatic heterocycles. The summed E-state index contributed by atoms with van der Waals surface area (Å²) in [6, 6.07) is 7.05. The lowest BCUT2D eigenvalue weighted by Crippen LogP contribution is -2.27. The van der Waals surface area contributed by atoms with E-state index in [1.807, 2.05) is 0 Å². The van der Waals surface area contributed by atoms with Crippen LogP contribution in [0.1, 0.15) is 44.2 Å². The van der Waals surface area contributed by atoms with Gasteiger partial charge in [-0.15, -0.1) is 0 Å². The van der Waals surface area contributed by atoms with Gasteiger partial charge >= 0.3 is 0 Å². The van der Waals surface area contributed by atoms with Crippen LogP contribution >= 0.6 is 38.5 Å². The second-order valence-corrected chi connectivity index (χ2v) is 7.54. The van der Waals surface area contributed by atoms with Crippen molar-refractivity contribution in [1.29, 1.82) is 0 Å². The molecule has 2 nitrogen and oxygen atoms in total. The molecule has 4 heteroatoms. The molecule has 0 amide bonds. The molecule has 2 rings (SSSR count). The van der Waals surface area contributed by atoms with Crippen LogP contribution in [0.15, 0.2) is 22.7 Å². The van der Waals surface area contributed by atoms with E-state index in [1.165, 1.54) is 39.3 Å². The number of ether oxygens (including phenoxy) is 1. The van der Waals surface area contributed by atoms with Crippen molar-refractivity contribution in [2.45, 2.75) is 38.6 Å². The Morgan fingerprint density at radius 2 is 2.15 bits per heavy atom. The maximum absolute atomic E-state index is 5.48. The maximum atomic E-state index is 5.48. The van der Waals surface area contributed by atoms with Crippen molar-refractivity contribution in [3.63, 3.8) is 0 Å². The fourth-order valence-corrected chi connectivity index (χ4v) is 3.83. The molecule has 20 heavy (non-hydrogen) atoms. The zero-order chi connectivity index (χ0) is 14.4. The fourth-order valence-electron chi connectivity index (χ4n) is 2.74. The average molecular weight is 452 g/mol. The van der Waals surface area contributed by atoms with Crippen molar-refractivity contribution in [2.24, 2.45) is 5.92 Å². The Bertz CT molecular complexity index is 421. The summed E-state index contributed by atoms with van der Waals surface area (Å²) in [6.07, 6.45) is 4.80. The number of halogens is 2. The summed E-state index contributed by atoms with van der Waals surface area (Å²) >= 11 is 6.06. The predicted octanol–water partition coefficient (Wildman–Crippen LogP) is 4.91. The number of rotatable bonds is 6. The Morgan fingerprint density at radius 1 is 1.40 bits per heavy atom. The molecular weight excluding hydrogens is 429 g/mol. The molecule has 1 heterocycles. The lowest BCUT2D eigenvalue weighted by Gasteiger charge is -2.28. The van der Waals surface area contributed by atoms with Crippen LogP contribution in [-0.2, 0) is 4.74 Å². The van der Waals surface area contributed by atoms with E-state index in [2.05, 4.69) is 69.0 Å². The van der Waals surface area contributed by atoms with E-state index < -0.39 is 0 Å². The molecule has 1 N–H and O–H groups in total. The zero-order valence-corrected chi connectivity index (χ0v) is 15.7. The van der Waals surface area contributed by atoms with E-state index in [0.29, 0.717) is 6.04 Å². The first-order valence-corrected chi connectivity index (χ1v) is 9.34. The molecule has 0 saturated carbocycles. The molecule has 1 aliphatic heterocycles. The van der Waals surface area contributed by atoms with Crippen molar-refractivity contribution in [1.82, 2.24) is 5.32 Å². The first-order valence-electron chi connectivity index (χ1n) is 7.46. The Hall–Kier alpha value is 0.350. The third-order valence-electron chi connectivity index (χ3n) is 3.88. The molecule has 1 aromatic rings. The van der Waals surface area contributed by atoms with Gasteiger partial charge in [0.15, 0.2) is 0 Å². The van der Waals surface area contributed by atoms with Gasteiger partial charge in [-0.2, -0.15) is 0 Å². The van der Waals surface area contributed by atoms with E-state index in [0.717, 1.165) is 25.7 Å². The van der Waals surface area contributed by atoms with Crippen LogP contribution in [-0.4, -0.2) is 19.8 Å². The minimum atomic E-state index is 0.461. The molecule has 1 fully saturated rings. The van der Waals surface area contributed by atoms with Gasteiger partial charge in [-0.25, -0.2) is 0 Å². The van der Waals surface area contributed by atoms with Gasteiger partial charge in [-0.3, -0.25) is 0 Å². The summed E-state index contributed by atoms with van der Waals surface area (Å²) in [5.74, 6) is 0.785. The first-order chi connectivity index (χ1) is 9.70. The van der Waals surface area contributed by atoms with Gasteiger partial charge in [0.2, 0.25) is 0 Å². The summed E-state index contributed by atoms with van der Waals surface area (Å²) in [7, 11) is 0. The Morgan fingerprint density at radius 3 is 2.85 bits per heavy atom. The summed E-state index contributed by atoms with van der Waals surface area (Å²) in [5.41, 5.74) is 1.43. The van der Waals surface area contributed by atoms with E-state index in [-0.39, 0.29) is 0 Å². The second kappa shape index (κ2) is 8.71. The molecule has 0 bridgehead atoms. The highest BCUT2D eigenvalue weighted by Crippen LogP contribution is 2.31. The molecule has 1 saturated heterocycles. The Balaban J connectivity index is 2.10. The van der Waals surface area contributed by atoms with E-state index in [9.17, 15) is 0 Å². The van der Waals surface area contributed by atoms with Crippen molar-refractivity contribution in [2.75, 3.05) is 19.8 Å². The quantitative estimate of drug-likeness (QED) is 0.620. The van der Waals surface area contributed by atoms with Gasteiger partial charge in [0.1, 0.15) is 0 Å². The summed E-state index contributed by atoms with van der Waals surface area (Å²) in [5, 5.41) is 3.73. The molecular formula is C16H23BrINO. The van der Waals surface area contributed by atoms with Crippen LogP contribution in [0.3, 0.4) is 0 Å². The standard InChI is InChI=1S/C16H23BrINO/c1-2-7-19-16(10-12-5-8-20-9-6-12)14-11-13(17)3-4-15(14)18/h3-4,11-12,16,19H,2,5-10H2,1H3. The largest absolute Gasteiger partial charge is 0.381 e.